The highest BCUT2D eigenvalue weighted by atomic mass is 32.2. The summed E-state index contributed by atoms with van der Waals surface area (Å²) in [6.45, 7) is 0. The lowest BCUT2D eigenvalue weighted by Gasteiger charge is -2.44. The first-order valence-electron chi connectivity index (χ1n) is 9.09. The number of amidine groups is 1. The fourth-order valence-corrected chi connectivity index (χ4v) is 5.09. The molecular weight excluding hydrogens is 363 g/mol. The van der Waals surface area contributed by atoms with E-state index in [4.69, 9.17) is 10.7 Å². The van der Waals surface area contributed by atoms with E-state index in [-0.39, 0.29) is 17.6 Å². The first-order chi connectivity index (χ1) is 13.1. The van der Waals surface area contributed by atoms with Gasteiger partial charge in [-0.1, -0.05) is 30.7 Å². The lowest BCUT2D eigenvalue weighted by Crippen LogP contribution is -2.43. The molecule has 0 bridgehead atoms. The van der Waals surface area contributed by atoms with E-state index in [1.165, 1.54) is 6.07 Å². The van der Waals surface area contributed by atoms with Crippen molar-refractivity contribution >= 4 is 28.5 Å². The van der Waals surface area contributed by atoms with Gasteiger partial charge in [0.25, 0.3) is 5.91 Å². The summed E-state index contributed by atoms with van der Waals surface area (Å²) in [6.07, 6.45) is 5.46. The van der Waals surface area contributed by atoms with Gasteiger partial charge in [-0.3, -0.25) is 14.8 Å². The molecule has 1 saturated carbocycles. The van der Waals surface area contributed by atoms with Crippen LogP contribution in [-0.2, 0) is 5.54 Å². The predicted molar refractivity (Wildman–Crippen MR) is 106 cm³/mol. The van der Waals surface area contributed by atoms with Crippen LogP contribution in [0.2, 0.25) is 0 Å². The number of hydrogen-bond donors (Lipinski definition) is 2. The van der Waals surface area contributed by atoms with Crippen molar-refractivity contribution in [1.82, 2.24) is 4.98 Å². The lowest BCUT2D eigenvalue weighted by atomic mass is 9.69. The minimum Gasteiger partial charge on any atom is -0.379 e. The van der Waals surface area contributed by atoms with Crippen LogP contribution in [0.15, 0.2) is 47.6 Å². The van der Waals surface area contributed by atoms with Crippen molar-refractivity contribution in [2.75, 3.05) is 11.1 Å². The molecule has 2 aliphatic rings. The van der Waals surface area contributed by atoms with Crippen LogP contribution in [0.25, 0.3) is 0 Å². The second-order valence-electron chi connectivity index (χ2n) is 6.99. The number of anilines is 1. The molecule has 140 valence electrons. The summed E-state index contributed by atoms with van der Waals surface area (Å²) in [6, 6.07) is 9.82. The molecule has 0 radical (unpaired) electrons. The first-order valence-corrected chi connectivity index (χ1v) is 10.1. The number of aliphatic imine (C=N–C) groups is 1. The molecule has 1 aliphatic carbocycles. The number of nitrogens with zero attached hydrogens (tertiary/aromatic N) is 2. The van der Waals surface area contributed by atoms with Crippen LogP contribution in [-0.4, -0.2) is 21.8 Å². The molecule has 7 heteroatoms. The normalized spacial score (nSPS) is 24.6. The van der Waals surface area contributed by atoms with E-state index in [2.05, 4.69) is 10.3 Å². The molecule has 2 heterocycles. The number of rotatable bonds is 3. The van der Waals surface area contributed by atoms with E-state index in [0.717, 1.165) is 31.4 Å². The largest absolute Gasteiger partial charge is 0.379 e. The summed E-state index contributed by atoms with van der Waals surface area (Å²) >= 11 is 1.54. The quantitative estimate of drug-likeness (QED) is 0.840. The molecule has 1 aromatic carbocycles. The molecule has 2 aromatic rings. The highest BCUT2D eigenvalue weighted by Crippen LogP contribution is 2.50. The maximum absolute atomic E-state index is 14.9. The molecule has 5 nitrogen and oxygen atoms in total. The smallest absolute Gasteiger partial charge is 0.274 e. The Morgan fingerprint density at radius 3 is 3.00 bits per heavy atom. The average molecular weight is 384 g/mol. The number of nitrogens with one attached hydrogen (secondary N) is 1. The van der Waals surface area contributed by atoms with Crippen molar-refractivity contribution in [3.05, 3.63) is 59.7 Å². The molecule has 0 unspecified atom stereocenters. The van der Waals surface area contributed by atoms with E-state index < -0.39 is 5.54 Å². The predicted octanol–water partition coefficient (Wildman–Crippen LogP) is 3.92. The summed E-state index contributed by atoms with van der Waals surface area (Å²) in [5.41, 5.74) is 6.76. The van der Waals surface area contributed by atoms with Crippen LogP contribution in [0.3, 0.4) is 0 Å². The second-order valence-corrected chi connectivity index (χ2v) is 8.03. The minimum atomic E-state index is -0.636. The number of thioether (sulfide) groups is 1. The van der Waals surface area contributed by atoms with E-state index in [1.54, 1.807) is 48.3 Å². The van der Waals surface area contributed by atoms with Gasteiger partial charge in [0.1, 0.15) is 11.5 Å². The van der Waals surface area contributed by atoms with Crippen LogP contribution >= 0.6 is 11.8 Å². The molecule has 1 fully saturated rings. The Balaban J connectivity index is 1.70. The zero-order chi connectivity index (χ0) is 18.9. The number of amides is 1. The molecule has 4 rings (SSSR count). The van der Waals surface area contributed by atoms with Crippen LogP contribution in [0.4, 0.5) is 10.1 Å². The monoisotopic (exact) mass is 384 g/mol. The Bertz CT molecular complexity index is 889. The van der Waals surface area contributed by atoms with E-state index in [0.29, 0.717) is 22.1 Å². The average Bonchev–Trinajstić information content (AvgIpc) is 2.69. The number of pyridine rings is 1. The van der Waals surface area contributed by atoms with Gasteiger partial charge in [0, 0.05) is 23.2 Å². The van der Waals surface area contributed by atoms with Gasteiger partial charge in [0.15, 0.2) is 5.17 Å². The number of carbonyl (C=O) groups excluding carboxylic acids is 1. The third-order valence-corrected chi connectivity index (χ3v) is 6.32. The molecule has 1 amide bonds. The molecule has 1 aromatic heterocycles. The van der Waals surface area contributed by atoms with Crippen molar-refractivity contribution in [1.29, 1.82) is 0 Å². The summed E-state index contributed by atoms with van der Waals surface area (Å²) in [4.78, 5) is 21.2. The Kier molecular flexibility index (Phi) is 4.86. The van der Waals surface area contributed by atoms with E-state index in [9.17, 15) is 9.18 Å². The summed E-state index contributed by atoms with van der Waals surface area (Å²) in [7, 11) is 0. The van der Waals surface area contributed by atoms with Crippen LogP contribution < -0.4 is 11.1 Å². The Morgan fingerprint density at radius 2 is 2.19 bits per heavy atom. The number of hydrogen-bond acceptors (Lipinski definition) is 5. The summed E-state index contributed by atoms with van der Waals surface area (Å²) < 4.78 is 14.9. The van der Waals surface area contributed by atoms with Gasteiger partial charge in [0.05, 0.1) is 5.54 Å². The first kappa shape index (κ1) is 18.0. The number of fused-ring (bicyclic) bond motifs is 1. The maximum Gasteiger partial charge on any atom is 0.274 e. The number of benzene rings is 1. The number of aromatic nitrogens is 1. The third kappa shape index (κ3) is 3.43. The van der Waals surface area contributed by atoms with Crippen molar-refractivity contribution < 1.29 is 9.18 Å². The highest BCUT2D eigenvalue weighted by Gasteiger charge is 2.46. The van der Waals surface area contributed by atoms with Crippen LogP contribution in [0, 0.1) is 11.7 Å². The van der Waals surface area contributed by atoms with Crippen molar-refractivity contribution in [3.63, 3.8) is 0 Å². The maximum atomic E-state index is 14.9. The van der Waals surface area contributed by atoms with Crippen molar-refractivity contribution in [2.24, 2.45) is 16.6 Å². The Labute approximate surface area is 161 Å². The highest BCUT2D eigenvalue weighted by molar-refractivity contribution is 8.13. The van der Waals surface area contributed by atoms with Gasteiger partial charge >= 0.3 is 0 Å². The molecule has 3 N–H and O–H groups in total. The fraction of sp³-hybridized carbons (Fsp3) is 0.350. The minimum absolute atomic E-state index is 0.250. The summed E-state index contributed by atoms with van der Waals surface area (Å²) in [5, 5.41) is 3.32. The topological polar surface area (TPSA) is 80.4 Å². The Hall–Kier alpha value is -2.41. The van der Waals surface area contributed by atoms with Crippen LogP contribution in [0.1, 0.15) is 41.7 Å². The fourth-order valence-electron chi connectivity index (χ4n) is 4.05. The van der Waals surface area contributed by atoms with Crippen molar-refractivity contribution in [2.45, 2.75) is 31.2 Å². The standard InChI is InChI=1S/C20H21FN4OS/c21-16-8-7-14(24-18(26)17-6-2-4-10-23-17)11-15(16)20-9-3-1-5-13(20)12-27-19(22)25-20/h2,4,6-8,10-11,13H,1,3,5,9,12H2,(H2,22,25)(H,24,26)/t13-,20-/m0/s1. The van der Waals surface area contributed by atoms with E-state index >= 15 is 0 Å². The van der Waals surface area contributed by atoms with Gasteiger partial charge in [-0.25, -0.2) is 4.39 Å². The summed E-state index contributed by atoms with van der Waals surface area (Å²) in [5.74, 6) is 0.466. The molecule has 27 heavy (non-hydrogen) atoms. The number of carbonyl (C=O) groups is 1. The molecule has 0 spiro atoms. The van der Waals surface area contributed by atoms with Gasteiger partial charge in [0.2, 0.25) is 0 Å². The van der Waals surface area contributed by atoms with E-state index in [1.807, 2.05) is 0 Å². The molecular formula is C20H21FN4OS. The van der Waals surface area contributed by atoms with Crippen LogP contribution in [0.5, 0.6) is 0 Å². The second kappa shape index (κ2) is 7.31. The zero-order valence-electron chi connectivity index (χ0n) is 14.8. The number of nitrogens with two attached hydrogens (primary N) is 1. The third-order valence-electron chi connectivity index (χ3n) is 5.37. The number of halogens is 1. The van der Waals surface area contributed by atoms with Crippen molar-refractivity contribution in [3.8, 4) is 0 Å². The van der Waals surface area contributed by atoms with Gasteiger partial charge in [-0.15, -0.1) is 0 Å². The van der Waals surface area contributed by atoms with Gasteiger partial charge in [-0.2, -0.15) is 0 Å². The van der Waals surface area contributed by atoms with Gasteiger partial charge in [-0.05, 0) is 49.1 Å². The molecule has 0 saturated heterocycles. The lowest BCUT2D eigenvalue weighted by molar-refractivity contribution is 0.102. The SMILES string of the molecule is NC1=N[C@@]2(c3cc(NC(=O)c4ccccn4)ccc3F)CCCC[C@H]2CS1. The zero-order valence-corrected chi connectivity index (χ0v) is 15.6. The molecule has 2 atom stereocenters. The Morgan fingerprint density at radius 1 is 1.30 bits per heavy atom. The van der Waals surface area contributed by atoms with Gasteiger partial charge < -0.3 is 11.1 Å². The molecule has 1 aliphatic heterocycles.